The SMILES string of the molecule is CCCC(=O)Nc1ccc(-c2csc(N/N=C(\CC)c3ccc(C)cc3)n2)cc1. The molecule has 5 nitrogen and oxygen atoms in total. The van der Waals surface area contributed by atoms with Gasteiger partial charge in [-0.1, -0.05) is 55.8 Å². The molecule has 3 aromatic rings. The molecule has 0 aliphatic rings. The maximum atomic E-state index is 11.7. The molecular weight excluding hydrogens is 380 g/mol. The maximum absolute atomic E-state index is 11.7. The highest BCUT2D eigenvalue weighted by Crippen LogP contribution is 2.26. The van der Waals surface area contributed by atoms with Crippen molar-refractivity contribution < 1.29 is 4.79 Å². The Bertz CT molecular complexity index is 975. The molecule has 1 amide bonds. The Labute approximate surface area is 175 Å². The summed E-state index contributed by atoms with van der Waals surface area (Å²) in [7, 11) is 0. The molecule has 29 heavy (non-hydrogen) atoms. The van der Waals surface area contributed by atoms with Gasteiger partial charge in [-0.3, -0.25) is 10.2 Å². The third-order valence-electron chi connectivity index (χ3n) is 4.45. The lowest BCUT2D eigenvalue weighted by Crippen LogP contribution is -2.10. The number of rotatable bonds is 8. The number of hydrazone groups is 1. The molecule has 0 radical (unpaired) electrons. The molecule has 0 spiro atoms. The lowest BCUT2D eigenvalue weighted by atomic mass is 10.1. The molecule has 2 N–H and O–H groups in total. The number of nitrogens with zero attached hydrogens (tertiary/aromatic N) is 2. The Hall–Kier alpha value is -2.99. The van der Waals surface area contributed by atoms with Crippen LogP contribution in [0.4, 0.5) is 10.8 Å². The smallest absolute Gasteiger partial charge is 0.224 e. The third kappa shape index (κ3) is 5.74. The average Bonchev–Trinajstić information content (AvgIpc) is 3.19. The van der Waals surface area contributed by atoms with E-state index in [9.17, 15) is 4.79 Å². The van der Waals surface area contributed by atoms with Crippen LogP contribution in [0.2, 0.25) is 0 Å². The number of nitrogens with one attached hydrogen (secondary N) is 2. The quantitative estimate of drug-likeness (QED) is 0.352. The van der Waals surface area contributed by atoms with E-state index in [0.717, 1.165) is 46.2 Å². The third-order valence-corrected chi connectivity index (χ3v) is 5.20. The number of amides is 1. The molecule has 3 rings (SSSR count). The molecule has 0 aliphatic carbocycles. The second kappa shape index (κ2) is 9.98. The summed E-state index contributed by atoms with van der Waals surface area (Å²) in [4.78, 5) is 16.3. The molecule has 1 heterocycles. The first-order chi connectivity index (χ1) is 14.1. The monoisotopic (exact) mass is 406 g/mol. The van der Waals surface area contributed by atoms with Gasteiger partial charge in [0, 0.05) is 23.1 Å². The van der Waals surface area contributed by atoms with Gasteiger partial charge in [-0.15, -0.1) is 11.3 Å². The van der Waals surface area contributed by atoms with Crippen LogP contribution in [-0.2, 0) is 4.79 Å². The van der Waals surface area contributed by atoms with Crippen molar-refractivity contribution in [2.45, 2.75) is 40.0 Å². The number of carbonyl (C=O) groups excluding carboxylic acids is 1. The lowest BCUT2D eigenvalue weighted by molar-refractivity contribution is -0.116. The molecule has 150 valence electrons. The van der Waals surface area contributed by atoms with Crippen molar-refractivity contribution in [2.75, 3.05) is 10.7 Å². The molecule has 0 unspecified atom stereocenters. The van der Waals surface area contributed by atoms with Crippen LogP contribution in [0.3, 0.4) is 0 Å². The van der Waals surface area contributed by atoms with E-state index in [4.69, 9.17) is 0 Å². The fourth-order valence-electron chi connectivity index (χ4n) is 2.84. The van der Waals surface area contributed by atoms with Gasteiger partial charge in [-0.25, -0.2) is 4.98 Å². The first-order valence-corrected chi connectivity index (χ1v) is 10.7. The Balaban J connectivity index is 1.67. The molecule has 0 atom stereocenters. The van der Waals surface area contributed by atoms with E-state index < -0.39 is 0 Å². The van der Waals surface area contributed by atoms with Gasteiger partial charge in [-0.2, -0.15) is 5.10 Å². The van der Waals surface area contributed by atoms with Gasteiger partial charge in [0.1, 0.15) is 0 Å². The minimum absolute atomic E-state index is 0.0403. The van der Waals surface area contributed by atoms with Gasteiger partial charge in [0.2, 0.25) is 11.0 Å². The molecule has 2 aromatic carbocycles. The van der Waals surface area contributed by atoms with Crippen LogP contribution < -0.4 is 10.7 Å². The van der Waals surface area contributed by atoms with Gasteiger partial charge < -0.3 is 5.32 Å². The van der Waals surface area contributed by atoms with Crippen LogP contribution in [0.5, 0.6) is 0 Å². The highest BCUT2D eigenvalue weighted by molar-refractivity contribution is 7.14. The van der Waals surface area contributed by atoms with Crippen LogP contribution >= 0.6 is 11.3 Å². The van der Waals surface area contributed by atoms with Crippen molar-refractivity contribution in [1.82, 2.24) is 4.98 Å². The van der Waals surface area contributed by atoms with E-state index >= 15 is 0 Å². The first-order valence-electron chi connectivity index (χ1n) is 9.84. The van der Waals surface area contributed by atoms with Crippen LogP contribution in [0.25, 0.3) is 11.3 Å². The summed E-state index contributed by atoms with van der Waals surface area (Å²) in [6.45, 7) is 6.16. The van der Waals surface area contributed by atoms with Crippen molar-refractivity contribution in [2.24, 2.45) is 5.10 Å². The van der Waals surface area contributed by atoms with E-state index in [1.165, 1.54) is 16.9 Å². The van der Waals surface area contributed by atoms with Crippen molar-refractivity contribution in [3.63, 3.8) is 0 Å². The lowest BCUT2D eigenvalue weighted by Gasteiger charge is -2.05. The van der Waals surface area contributed by atoms with Crippen molar-refractivity contribution in [3.8, 4) is 11.3 Å². The van der Waals surface area contributed by atoms with E-state index in [2.05, 4.69) is 58.9 Å². The zero-order valence-corrected chi connectivity index (χ0v) is 17.8. The summed E-state index contributed by atoms with van der Waals surface area (Å²) in [6, 6.07) is 16.1. The van der Waals surface area contributed by atoms with Crippen LogP contribution in [0.15, 0.2) is 59.0 Å². The number of aryl methyl sites for hydroxylation is 1. The van der Waals surface area contributed by atoms with E-state index in [-0.39, 0.29) is 5.91 Å². The summed E-state index contributed by atoms with van der Waals surface area (Å²) < 4.78 is 0. The number of hydrogen-bond donors (Lipinski definition) is 2. The molecule has 0 saturated heterocycles. The second-order valence-corrected chi connectivity index (χ2v) is 7.66. The van der Waals surface area contributed by atoms with Gasteiger partial charge in [-0.05, 0) is 37.5 Å². The molecule has 0 aliphatic heterocycles. The van der Waals surface area contributed by atoms with Crippen LogP contribution in [-0.4, -0.2) is 16.6 Å². The maximum Gasteiger partial charge on any atom is 0.224 e. The molecule has 0 fully saturated rings. The highest BCUT2D eigenvalue weighted by Gasteiger charge is 2.07. The van der Waals surface area contributed by atoms with Crippen molar-refractivity contribution in [3.05, 3.63) is 65.0 Å². The predicted octanol–water partition coefficient (Wildman–Crippen LogP) is 6.08. The minimum Gasteiger partial charge on any atom is -0.326 e. The Kier molecular flexibility index (Phi) is 7.14. The summed E-state index contributed by atoms with van der Waals surface area (Å²) in [5, 5.41) is 10.2. The normalized spacial score (nSPS) is 11.3. The average molecular weight is 407 g/mol. The van der Waals surface area contributed by atoms with E-state index in [1.807, 2.05) is 36.6 Å². The highest BCUT2D eigenvalue weighted by atomic mass is 32.1. The summed E-state index contributed by atoms with van der Waals surface area (Å²) in [6.07, 6.45) is 2.20. The predicted molar refractivity (Wildman–Crippen MR) is 123 cm³/mol. The number of benzene rings is 2. The van der Waals surface area contributed by atoms with Crippen LogP contribution in [0.1, 0.15) is 44.2 Å². The topological polar surface area (TPSA) is 66.4 Å². The van der Waals surface area contributed by atoms with Gasteiger partial charge in [0.15, 0.2) is 0 Å². The van der Waals surface area contributed by atoms with Crippen LogP contribution in [0, 0.1) is 6.92 Å². The van der Waals surface area contributed by atoms with E-state index in [1.54, 1.807) is 0 Å². The number of aromatic nitrogens is 1. The first kappa shape index (κ1) is 20.7. The van der Waals surface area contributed by atoms with Gasteiger partial charge in [0.25, 0.3) is 0 Å². The summed E-state index contributed by atoms with van der Waals surface area (Å²) in [5.41, 5.74) is 9.12. The number of thiazole rings is 1. The molecule has 0 saturated carbocycles. The van der Waals surface area contributed by atoms with E-state index in [0.29, 0.717) is 6.42 Å². The number of anilines is 2. The van der Waals surface area contributed by atoms with Gasteiger partial charge >= 0.3 is 0 Å². The zero-order chi connectivity index (χ0) is 20.6. The molecule has 1 aromatic heterocycles. The second-order valence-electron chi connectivity index (χ2n) is 6.80. The van der Waals surface area contributed by atoms with Crippen molar-refractivity contribution in [1.29, 1.82) is 0 Å². The Morgan fingerprint density at radius 3 is 2.45 bits per heavy atom. The van der Waals surface area contributed by atoms with Crippen molar-refractivity contribution >= 4 is 33.8 Å². The van der Waals surface area contributed by atoms with Gasteiger partial charge in [0.05, 0.1) is 11.4 Å². The Morgan fingerprint density at radius 2 is 1.79 bits per heavy atom. The summed E-state index contributed by atoms with van der Waals surface area (Å²) in [5.74, 6) is 0.0403. The Morgan fingerprint density at radius 1 is 1.07 bits per heavy atom. The minimum atomic E-state index is 0.0403. The number of hydrogen-bond acceptors (Lipinski definition) is 5. The number of carbonyl (C=O) groups is 1. The largest absolute Gasteiger partial charge is 0.326 e. The zero-order valence-electron chi connectivity index (χ0n) is 17.0. The fourth-order valence-corrected chi connectivity index (χ4v) is 3.50. The standard InChI is InChI=1S/C23H26N4OS/c1-4-6-22(28)24-19-13-11-18(12-14-19)21-15-29-23(25-21)27-26-20(5-2)17-9-7-16(3)8-10-17/h7-15H,4-6H2,1-3H3,(H,24,28)(H,25,27)/b26-20+. The molecule has 6 heteroatoms. The molecular formula is C23H26N4OS. The molecule has 0 bridgehead atoms. The summed E-state index contributed by atoms with van der Waals surface area (Å²) >= 11 is 1.52. The fraction of sp³-hybridized carbons (Fsp3) is 0.261.